The molecule has 188 valence electrons. The Kier molecular flexibility index (Phi) is 6.80. The van der Waals surface area contributed by atoms with Crippen LogP contribution in [0.15, 0.2) is 41.5 Å². The van der Waals surface area contributed by atoms with E-state index >= 15 is 0 Å². The molecule has 37 heavy (non-hydrogen) atoms. The Morgan fingerprint density at radius 1 is 1.05 bits per heavy atom. The van der Waals surface area contributed by atoms with Crippen LogP contribution in [-0.4, -0.2) is 21.3 Å². The molecule has 6 nitrogen and oxygen atoms in total. The van der Waals surface area contributed by atoms with Gasteiger partial charge >= 0.3 is 0 Å². The number of nitrogens with zero attached hydrogens (tertiary/aromatic N) is 4. The molecular weight excluding hydrogens is 502 g/mol. The zero-order chi connectivity index (χ0) is 26.3. The average molecular weight is 530 g/mol. The predicted octanol–water partition coefficient (Wildman–Crippen LogP) is 6.73. The molecule has 1 aromatic carbocycles. The summed E-state index contributed by atoms with van der Waals surface area (Å²) in [6, 6.07) is 14.0. The van der Waals surface area contributed by atoms with Gasteiger partial charge in [-0.3, -0.25) is 4.79 Å². The van der Waals surface area contributed by atoms with Crippen LogP contribution >= 0.6 is 22.9 Å². The number of carbonyl (C=O) groups is 1. The van der Waals surface area contributed by atoms with Crippen LogP contribution < -0.4 is 5.43 Å². The van der Waals surface area contributed by atoms with E-state index in [1.54, 1.807) is 29.7 Å². The fourth-order valence-electron chi connectivity index (χ4n) is 5.18. The highest BCUT2D eigenvalue weighted by Gasteiger charge is 2.23. The molecule has 0 fully saturated rings. The third-order valence-corrected chi connectivity index (χ3v) is 8.64. The second-order valence-electron chi connectivity index (χ2n) is 9.48. The number of hydrogen-bond acceptors (Lipinski definition) is 4. The molecule has 1 aliphatic rings. The average Bonchev–Trinajstić information content (AvgIpc) is 3.51. The van der Waals surface area contributed by atoms with Crippen molar-refractivity contribution in [2.75, 3.05) is 0 Å². The van der Waals surface area contributed by atoms with Crippen molar-refractivity contribution in [3.05, 3.63) is 91.3 Å². The Morgan fingerprint density at radius 2 is 1.78 bits per heavy atom. The van der Waals surface area contributed by atoms with Gasteiger partial charge < -0.3 is 9.13 Å². The van der Waals surface area contributed by atoms with Crippen LogP contribution in [0.3, 0.4) is 0 Å². The first-order valence-electron chi connectivity index (χ1n) is 12.3. The number of hydrogen-bond donors (Lipinski definition) is 1. The number of fused-ring (bicyclic) bond motifs is 1. The van der Waals surface area contributed by atoms with Gasteiger partial charge in [0.05, 0.1) is 22.4 Å². The highest BCUT2D eigenvalue weighted by molar-refractivity contribution is 7.15. The number of amides is 1. The van der Waals surface area contributed by atoms with Crippen molar-refractivity contribution in [3.63, 3.8) is 0 Å². The topological polar surface area (TPSA) is 75.1 Å². The van der Waals surface area contributed by atoms with E-state index in [0.717, 1.165) is 63.9 Å². The zero-order valence-corrected chi connectivity index (χ0v) is 22.9. The highest BCUT2D eigenvalue weighted by atomic mass is 35.5. The Bertz CT molecular complexity index is 1580. The molecule has 0 aliphatic heterocycles. The molecule has 0 radical (unpaired) electrons. The summed E-state index contributed by atoms with van der Waals surface area (Å²) in [6.07, 6.45) is 5.98. The van der Waals surface area contributed by atoms with Gasteiger partial charge in [0, 0.05) is 38.9 Å². The molecule has 5 rings (SSSR count). The zero-order valence-electron chi connectivity index (χ0n) is 21.4. The van der Waals surface area contributed by atoms with Gasteiger partial charge in [0.1, 0.15) is 11.1 Å². The molecule has 0 bridgehead atoms. The summed E-state index contributed by atoms with van der Waals surface area (Å²) < 4.78 is 4.20. The number of hydrazone groups is 1. The number of nitrogens with one attached hydrogen (secondary N) is 1. The van der Waals surface area contributed by atoms with Crippen molar-refractivity contribution >= 4 is 35.1 Å². The Morgan fingerprint density at radius 3 is 2.51 bits per heavy atom. The number of rotatable bonds is 5. The minimum atomic E-state index is -0.378. The van der Waals surface area contributed by atoms with Crippen molar-refractivity contribution in [1.29, 1.82) is 5.26 Å². The second kappa shape index (κ2) is 10.0. The molecule has 0 atom stereocenters. The molecule has 4 aromatic rings. The number of thiophene rings is 1. The molecular formula is C29H28ClN5OS. The Hall–Kier alpha value is -3.60. The summed E-state index contributed by atoms with van der Waals surface area (Å²) in [5, 5.41) is 15.5. The van der Waals surface area contributed by atoms with Gasteiger partial charge in [0.15, 0.2) is 0 Å². The molecule has 1 amide bonds. The highest BCUT2D eigenvalue weighted by Crippen LogP contribution is 2.38. The molecule has 8 heteroatoms. The van der Waals surface area contributed by atoms with E-state index in [2.05, 4.69) is 25.7 Å². The lowest BCUT2D eigenvalue weighted by molar-refractivity contribution is 0.0955. The number of nitriles is 1. The smallest absolute Gasteiger partial charge is 0.272 e. The second-order valence-corrected chi connectivity index (χ2v) is 11.0. The number of aromatic nitrogens is 2. The maximum atomic E-state index is 13.0. The number of halogens is 1. The third kappa shape index (κ3) is 4.52. The summed E-state index contributed by atoms with van der Waals surface area (Å²) in [5.41, 5.74) is 10.9. The largest absolute Gasteiger partial charge is 0.318 e. The number of carbonyl (C=O) groups excluding carboxylic acids is 1. The van der Waals surface area contributed by atoms with Crippen LogP contribution in [0.2, 0.25) is 5.02 Å². The van der Waals surface area contributed by atoms with Gasteiger partial charge in [0.2, 0.25) is 0 Å². The maximum absolute atomic E-state index is 13.0. The number of benzene rings is 1. The fraction of sp³-hybridized carbons (Fsp3) is 0.276. The Balaban J connectivity index is 1.39. The van der Waals surface area contributed by atoms with E-state index in [-0.39, 0.29) is 5.91 Å². The van der Waals surface area contributed by atoms with Crippen LogP contribution in [-0.2, 0) is 12.8 Å². The molecule has 0 saturated carbocycles. The molecule has 1 N–H and O–H groups in total. The van der Waals surface area contributed by atoms with Crippen LogP contribution in [0, 0.1) is 39.0 Å². The molecule has 3 heterocycles. The van der Waals surface area contributed by atoms with Gasteiger partial charge in [-0.15, -0.1) is 11.3 Å². The monoisotopic (exact) mass is 529 g/mol. The van der Waals surface area contributed by atoms with Crippen LogP contribution in [0.1, 0.15) is 67.5 Å². The van der Waals surface area contributed by atoms with Gasteiger partial charge in [-0.2, -0.15) is 10.4 Å². The lowest BCUT2D eigenvalue weighted by Gasteiger charge is -2.12. The first-order valence-corrected chi connectivity index (χ1v) is 13.5. The number of aryl methyl sites for hydroxylation is 4. The van der Waals surface area contributed by atoms with Crippen molar-refractivity contribution in [2.24, 2.45) is 5.10 Å². The summed E-state index contributed by atoms with van der Waals surface area (Å²) in [5.74, 6) is -0.378. The van der Waals surface area contributed by atoms with Crippen LogP contribution in [0.5, 0.6) is 0 Å². The fourth-order valence-corrected chi connectivity index (χ4v) is 6.83. The van der Waals surface area contributed by atoms with E-state index in [1.807, 2.05) is 52.0 Å². The molecule has 0 saturated heterocycles. The lowest BCUT2D eigenvalue weighted by Crippen LogP contribution is -2.18. The minimum Gasteiger partial charge on any atom is -0.318 e. The van der Waals surface area contributed by atoms with E-state index in [4.69, 9.17) is 11.6 Å². The lowest BCUT2D eigenvalue weighted by atomic mass is 9.96. The summed E-state index contributed by atoms with van der Waals surface area (Å²) in [7, 11) is 0. The van der Waals surface area contributed by atoms with Crippen LogP contribution in [0.4, 0.5) is 0 Å². The molecule has 0 unspecified atom stereocenters. The van der Waals surface area contributed by atoms with Crippen LogP contribution in [0.25, 0.3) is 10.7 Å². The SMILES string of the molecule is Cc1ccc(C)n1-c1ccc(Cl)c(C(=O)NN=Cc2cc(C)n(-c3sc4c(c3C#N)CCCC4)c2C)c1. The summed E-state index contributed by atoms with van der Waals surface area (Å²) >= 11 is 8.09. The molecule has 3 aromatic heterocycles. The van der Waals surface area contributed by atoms with E-state index in [9.17, 15) is 10.1 Å². The Labute approximate surface area is 225 Å². The minimum absolute atomic E-state index is 0.358. The van der Waals surface area contributed by atoms with Crippen molar-refractivity contribution in [2.45, 2.75) is 53.4 Å². The molecule has 1 aliphatic carbocycles. The van der Waals surface area contributed by atoms with E-state index < -0.39 is 0 Å². The van der Waals surface area contributed by atoms with E-state index in [1.165, 1.54) is 16.9 Å². The van der Waals surface area contributed by atoms with Gasteiger partial charge in [-0.05, 0) is 95.3 Å². The quantitative estimate of drug-likeness (QED) is 0.230. The summed E-state index contributed by atoms with van der Waals surface area (Å²) in [4.78, 5) is 14.3. The first-order chi connectivity index (χ1) is 17.8. The standard InChI is InChI=1S/C29H28ClN5OS/c1-17-9-10-18(2)34(17)22-11-12-26(30)24(14-22)28(36)33-32-16-21-13-19(3)35(20(21)4)29-25(15-31)23-7-5-6-8-27(23)37-29/h9-14,16H,5-8H2,1-4H3,(H,33,36). The van der Waals surface area contributed by atoms with Crippen molar-refractivity contribution < 1.29 is 4.79 Å². The summed E-state index contributed by atoms with van der Waals surface area (Å²) in [6.45, 7) is 8.08. The van der Waals surface area contributed by atoms with Gasteiger partial charge in [-0.1, -0.05) is 11.6 Å². The van der Waals surface area contributed by atoms with E-state index in [0.29, 0.717) is 10.6 Å². The first kappa shape index (κ1) is 25.1. The predicted molar refractivity (Wildman–Crippen MR) is 150 cm³/mol. The van der Waals surface area contributed by atoms with Gasteiger partial charge in [0.25, 0.3) is 5.91 Å². The molecule has 0 spiro atoms. The normalized spacial score (nSPS) is 13.1. The van der Waals surface area contributed by atoms with Gasteiger partial charge in [-0.25, -0.2) is 5.43 Å². The maximum Gasteiger partial charge on any atom is 0.272 e. The van der Waals surface area contributed by atoms with Crippen molar-refractivity contribution in [3.8, 4) is 16.8 Å². The third-order valence-electron chi connectivity index (χ3n) is 7.03. The van der Waals surface area contributed by atoms with Crippen molar-refractivity contribution in [1.82, 2.24) is 14.6 Å².